The Morgan fingerprint density at radius 3 is 1.17 bits per heavy atom. The number of hydrogen-bond donors (Lipinski definition) is 0. The first-order valence-electron chi connectivity index (χ1n) is 8.67. The van der Waals surface area contributed by atoms with E-state index in [0.717, 1.165) is 0 Å². The molecule has 0 atom stereocenters. The predicted molar refractivity (Wildman–Crippen MR) is 83.1 cm³/mol. The fourth-order valence-electron chi connectivity index (χ4n) is 2.89. The summed E-state index contributed by atoms with van der Waals surface area (Å²) in [6.45, 7) is 0. The maximum atomic E-state index is 12.5. The molecular weight excluding hydrogens is 790 g/mol. The van der Waals surface area contributed by atoms with Gasteiger partial charge in [0.25, 0.3) is 0 Å². The molecule has 29 heavy (non-hydrogen) atoms. The van der Waals surface area contributed by atoms with Gasteiger partial charge in [0.15, 0.2) is 0 Å². The summed E-state index contributed by atoms with van der Waals surface area (Å²) in [6.07, 6.45) is 1.52. The zero-order valence-electron chi connectivity index (χ0n) is 14.5. The molecule has 5 aliphatic rings. The van der Waals surface area contributed by atoms with Gasteiger partial charge in [-0.1, -0.05) is 0 Å². The summed E-state index contributed by atoms with van der Waals surface area (Å²) in [5.41, 5.74) is -4.17. The molecule has 0 aromatic heterocycles. The Morgan fingerprint density at radius 2 is 0.931 bits per heavy atom. The zero-order chi connectivity index (χ0) is 20.6. The van der Waals surface area contributed by atoms with E-state index in [9.17, 15) is 28.8 Å². The molecule has 2 spiro atoms. The second-order valence-corrected chi connectivity index (χ2v) is 15.2. The van der Waals surface area contributed by atoms with Gasteiger partial charge < -0.3 is 0 Å². The summed E-state index contributed by atoms with van der Waals surface area (Å²) in [5, 5.41) is 0. The molecule has 0 aromatic carbocycles. The second-order valence-electron chi connectivity index (χ2n) is 7.47. The Labute approximate surface area is 181 Å². The molecule has 154 valence electrons. The molecule has 0 aromatic rings. The third kappa shape index (κ3) is 2.97. The predicted octanol–water partition coefficient (Wildman–Crippen LogP) is -1.42. The van der Waals surface area contributed by atoms with Crippen molar-refractivity contribution in [2.45, 2.75) is 38.5 Å². The van der Waals surface area contributed by atoms with E-state index < -0.39 is 98.2 Å². The van der Waals surface area contributed by atoms with E-state index >= 15 is 0 Å². The summed E-state index contributed by atoms with van der Waals surface area (Å²) >= 11 is -8.30. The Morgan fingerprint density at radius 1 is 0.621 bits per heavy atom. The van der Waals surface area contributed by atoms with Crippen LogP contribution in [0.1, 0.15) is 38.5 Å². The molecule has 12 nitrogen and oxygen atoms in total. The summed E-state index contributed by atoms with van der Waals surface area (Å²) in [6, 6.07) is 0. The van der Waals surface area contributed by atoms with Gasteiger partial charge >= 0.3 is 182 Å². The van der Waals surface area contributed by atoms with E-state index in [2.05, 4.69) is 0 Å². The van der Waals surface area contributed by atoms with Gasteiger partial charge in [-0.3, -0.25) is 0 Å². The van der Waals surface area contributed by atoms with Crippen LogP contribution in [-0.4, -0.2) is 82.0 Å². The SMILES string of the molecule is O=C([O][Bi]1[O]C(=O)C2(CC2)C(=O)[O]1)C1(C(=O)[O][Bi]2[O]C(=O)C3(CC3)C(=O)[O]2)CC1. The summed E-state index contributed by atoms with van der Waals surface area (Å²) in [4.78, 5) is 72.6. The van der Waals surface area contributed by atoms with Gasteiger partial charge in [-0.2, -0.15) is 0 Å². The molecule has 2 heterocycles. The van der Waals surface area contributed by atoms with E-state index in [1.165, 1.54) is 0 Å². The van der Waals surface area contributed by atoms with Gasteiger partial charge in [0.05, 0.1) is 0 Å². The zero-order valence-corrected chi connectivity index (χ0v) is 21.5. The molecule has 2 saturated heterocycles. The van der Waals surface area contributed by atoms with Gasteiger partial charge in [0.2, 0.25) is 0 Å². The van der Waals surface area contributed by atoms with Crippen LogP contribution in [0.4, 0.5) is 0 Å². The first-order chi connectivity index (χ1) is 13.7. The van der Waals surface area contributed by atoms with Crippen molar-refractivity contribution in [2.24, 2.45) is 16.2 Å². The molecule has 0 N–H and O–H groups in total. The molecule has 3 aliphatic carbocycles. The van der Waals surface area contributed by atoms with Gasteiger partial charge in [0.1, 0.15) is 0 Å². The van der Waals surface area contributed by atoms with Gasteiger partial charge in [0, 0.05) is 0 Å². The van der Waals surface area contributed by atoms with Crippen molar-refractivity contribution in [3.05, 3.63) is 0 Å². The first kappa shape index (κ1) is 19.5. The number of rotatable bonds is 4. The van der Waals surface area contributed by atoms with Crippen LogP contribution in [0.5, 0.6) is 0 Å². The molecule has 2 aliphatic heterocycles. The maximum absolute atomic E-state index is 12.5. The molecule has 0 bridgehead atoms. The normalized spacial score (nSPS) is 28.0. The topological polar surface area (TPSA) is 158 Å². The third-order valence-corrected chi connectivity index (χ3v) is 12.9. The Balaban J connectivity index is 1.20. The fourth-order valence-corrected chi connectivity index (χ4v) is 11.0. The van der Waals surface area contributed by atoms with Crippen LogP contribution in [0.3, 0.4) is 0 Å². The molecule has 0 unspecified atom stereocenters. The van der Waals surface area contributed by atoms with Gasteiger partial charge in [-0.25, -0.2) is 0 Å². The minimum atomic E-state index is -4.15. The van der Waals surface area contributed by atoms with Crippen LogP contribution in [0, 0.1) is 16.2 Å². The van der Waals surface area contributed by atoms with E-state index in [4.69, 9.17) is 16.9 Å². The molecule has 5 fully saturated rings. The van der Waals surface area contributed by atoms with E-state index in [1.54, 1.807) is 0 Å². The Hall–Kier alpha value is -1.41. The average molecular weight is 802 g/mol. The van der Waals surface area contributed by atoms with E-state index in [0.29, 0.717) is 25.7 Å². The first-order valence-corrected chi connectivity index (χ1v) is 17.2. The van der Waals surface area contributed by atoms with Crippen molar-refractivity contribution in [3.8, 4) is 0 Å². The second kappa shape index (κ2) is 6.29. The molecule has 5 rings (SSSR count). The summed E-state index contributed by atoms with van der Waals surface area (Å²) in [5.74, 6) is -5.06. The molecule has 0 amide bonds. The molecule has 3 saturated carbocycles. The molecule has 0 radical (unpaired) electrons. The van der Waals surface area contributed by atoms with Crippen molar-refractivity contribution in [1.29, 1.82) is 0 Å². The van der Waals surface area contributed by atoms with Crippen molar-refractivity contribution in [3.63, 3.8) is 0 Å². The quantitative estimate of drug-likeness (QED) is 0.242. The Bertz CT molecular complexity index is 776. The van der Waals surface area contributed by atoms with Crippen molar-refractivity contribution in [2.75, 3.05) is 0 Å². The van der Waals surface area contributed by atoms with Crippen LogP contribution in [0.25, 0.3) is 0 Å². The number of carbonyl (C=O) groups is 6. The van der Waals surface area contributed by atoms with Crippen molar-refractivity contribution >= 4 is 82.0 Å². The number of carbonyl (C=O) groups excluding carboxylic acids is 6. The van der Waals surface area contributed by atoms with Crippen LogP contribution >= 0.6 is 0 Å². The third-order valence-electron chi connectivity index (χ3n) is 5.54. The van der Waals surface area contributed by atoms with E-state index in [-0.39, 0.29) is 12.8 Å². The van der Waals surface area contributed by atoms with Crippen LogP contribution in [0.2, 0.25) is 0 Å². The monoisotopic (exact) mass is 802 g/mol. The Kier molecular flexibility index (Phi) is 4.24. The fraction of sp³-hybridized carbons (Fsp3) is 0.600. The standard InChI is InChI=1S/3C5H6O4.2Bi/c3*6-3(7)5(1-2-5)4(8)9;;/h3*1-2H2,(H,6,7)(H,8,9);;/q;;;2*+3/p-6. The van der Waals surface area contributed by atoms with Crippen molar-refractivity contribution < 1.29 is 45.6 Å². The van der Waals surface area contributed by atoms with Gasteiger partial charge in [-0.15, -0.1) is 0 Å². The molecule has 14 heteroatoms. The van der Waals surface area contributed by atoms with Gasteiger partial charge in [-0.05, 0) is 0 Å². The number of hydrogen-bond acceptors (Lipinski definition) is 12. The van der Waals surface area contributed by atoms with Crippen LogP contribution < -0.4 is 0 Å². The summed E-state index contributed by atoms with van der Waals surface area (Å²) in [7, 11) is 0. The summed E-state index contributed by atoms with van der Waals surface area (Å²) < 4.78 is 30.2. The van der Waals surface area contributed by atoms with Crippen LogP contribution in [0.15, 0.2) is 0 Å². The average Bonchev–Trinajstić information content (AvgIpc) is 3.55. The minimum absolute atomic E-state index is 0.0947. The molecular formula is C15H12Bi2O12. The van der Waals surface area contributed by atoms with E-state index in [1.807, 2.05) is 0 Å². The van der Waals surface area contributed by atoms with Crippen molar-refractivity contribution in [1.82, 2.24) is 0 Å². The van der Waals surface area contributed by atoms with Crippen LogP contribution in [-0.2, 0) is 45.6 Å².